The zero-order valence-corrected chi connectivity index (χ0v) is 16.3. The molecule has 4 nitrogen and oxygen atoms in total. The molecule has 1 aromatic carbocycles. The Bertz CT molecular complexity index is 918. The lowest BCUT2D eigenvalue weighted by Crippen LogP contribution is -2.45. The number of nitrogens with zero attached hydrogens (tertiary/aromatic N) is 1. The standard InChI is InChI=1S/C20H21N3OS2/c1-24-16-9-8-15(14-6-4-12-21-18(14)16)22-19(25)23-20(10-2-3-11-20)17-7-5-13-26-17/h4-9,12-13H,2-3,10-11H2,1H3,(H2,22,23,25). The monoisotopic (exact) mass is 383 g/mol. The van der Waals surface area contributed by atoms with E-state index in [1.807, 2.05) is 24.3 Å². The van der Waals surface area contributed by atoms with E-state index in [-0.39, 0.29) is 5.54 Å². The number of aromatic nitrogens is 1. The van der Waals surface area contributed by atoms with Gasteiger partial charge in [-0.3, -0.25) is 4.98 Å². The lowest BCUT2D eigenvalue weighted by Gasteiger charge is -2.31. The van der Waals surface area contributed by atoms with E-state index in [9.17, 15) is 0 Å². The van der Waals surface area contributed by atoms with Crippen LogP contribution in [0.3, 0.4) is 0 Å². The number of pyridine rings is 1. The second-order valence-corrected chi connectivity index (χ2v) is 7.92. The summed E-state index contributed by atoms with van der Waals surface area (Å²) >= 11 is 7.47. The molecule has 1 aliphatic carbocycles. The van der Waals surface area contributed by atoms with Gasteiger partial charge < -0.3 is 15.4 Å². The quantitative estimate of drug-likeness (QED) is 0.617. The fourth-order valence-electron chi connectivity index (χ4n) is 3.75. The SMILES string of the molecule is COc1ccc(NC(=S)NC2(c3cccs3)CCCC2)c2cccnc12. The molecule has 1 saturated carbocycles. The summed E-state index contributed by atoms with van der Waals surface area (Å²) in [6, 6.07) is 12.2. The summed E-state index contributed by atoms with van der Waals surface area (Å²) in [6.45, 7) is 0. The highest BCUT2D eigenvalue weighted by molar-refractivity contribution is 7.80. The highest BCUT2D eigenvalue weighted by Crippen LogP contribution is 2.41. The van der Waals surface area contributed by atoms with Crippen molar-refractivity contribution in [1.82, 2.24) is 10.3 Å². The Hall–Kier alpha value is -2.18. The first-order valence-electron chi connectivity index (χ1n) is 8.77. The van der Waals surface area contributed by atoms with Crippen molar-refractivity contribution in [2.75, 3.05) is 12.4 Å². The number of hydrogen-bond donors (Lipinski definition) is 2. The number of rotatable bonds is 4. The predicted molar refractivity (Wildman–Crippen MR) is 112 cm³/mol. The molecule has 2 aromatic heterocycles. The van der Waals surface area contributed by atoms with Crippen molar-refractivity contribution in [3.8, 4) is 5.75 Å². The average Bonchev–Trinajstić information content (AvgIpc) is 3.34. The third-order valence-electron chi connectivity index (χ3n) is 5.00. The number of nitrogens with one attached hydrogen (secondary N) is 2. The molecule has 0 amide bonds. The number of thiophene rings is 1. The Morgan fingerprint density at radius 3 is 2.77 bits per heavy atom. The minimum Gasteiger partial charge on any atom is -0.494 e. The molecule has 2 heterocycles. The molecule has 2 N–H and O–H groups in total. The first-order valence-corrected chi connectivity index (χ1v) is 10.1. The molecule has 4 rings (SSSR count). The average molecular weight is 384 g/mol. The van der Waals surface area contributed by atoms with Crippen LogP contribution in [0.5, 0.6) is 5.75 Å². The summed E-state index contributed by atoms with van der Waals surface area (Å²) in [7, 11) is 1.66. The van der Waals surface area contributed by atoms with Gasteiger partial charge in [-0.05, 0) is 60.8 Å². The minimum absolute atomic E-state index is 0.0429. The zero-order valence-electron chi connectivity index (χ0n) is 14.6. The molecule has 0 saturated heterocycles. The maximum Gasteiger partial charge on any atom is 0.171 e. The van der Waals surface area contributed by atoms with Crippen LogP contribution in [0.25, 0.3) is 10.9 Å². The minimum atomic E-state index is -0.0429. The Labute approximate surface area is 162 Å². The largest absolute Gasteiger partial charge is 0.494 e. The fraction of sp³-hybridized carbons (Fsp3) is 0.300. The molecule has 3 aromatic rings. The Kier molecular flexibility index (Phi) is 4.78. The first kappa shape index (κ1) is 17.2. The van der Waals surface area contributed by atoms with Crippen LogP contribution in [0.15, 0.2) is 48.0 Å². The first-order chi connectivity index (χ1) is 12.7. The van der Waals surface area contributed by atoms with Gasteiger partial charge in [0, 0.05) is 22.1 Å². The highest BCUT2D eigenvalue weighted by atomic mass is 32.1. The Balaban J connectivity index is 1.60. The van der Waals surface area contributed by atoms with Crippen LogP contribution in [0.4, 0.5) is 5.69 Å². The molecule has 26 heavy (non-hydrogen) atoms. The van der Waals surface area contributed by atoms with Gasteiger partial charge in [-0.2, -0.15) is 0 Å². The number of thiocarbonyl (C=S) groups is 1. The zero-order chi connectivity index (χ0) is 18.0. The third-order valence-corrected chi connectivity index (χ3v) is 6.28. The second kappa shape index (κ2) is 7.21. The molecular weight excluding hydrogens is 362 g/mol. The molecule has 0 unspecified atom stereocenters. The lowest BCUT2D eigenvalue weighted by molar-refractivity contribution is 0.417. The van der Waals surface area contributed by atoms with E-state index >= 15 is 0 Å². The van der Waals surface area contributed by atoms with Crippen molar-refractivity contribution in [2.24, 2.45) is 0 Å². The van der Waals surface area contributed by atoms with Crippen molar-refractivity contribution >= 4 is 45.3 Å². The van der Waals surface area contributed by atoms with Crippen molar-refractivity contribution in [3.63, 3.8) is 0 Å². The number of ether oxygens (including phenoxy) is 1. The highest BCUT2D eigenvalue weighted by Gasteiger charge is 2.37. The normalized spacial score (nSPS) is 15.7. The van der Waals surface area contributed by atoms with Gasteiger partial charge in [-0.1, -0.05) is 18.9 Å². The summed E-state index contributed by atoms with van der Waals surface area (Å²) in [6.07, 6.45) is 6.45. The van der Waals surface area contributed by atoms with E-state index in [2.05, 4.69) is 33.1 Å². The smallest absolute Gasteiger partial charge is 0.171 e. The van der Waals surface area contributed by atoms with E-state index in [1.165, 1.54) is 17.7 Å². The van der Waals surface area contributed by atoms with Gasteiger partial charge in [0.1, 0.15) is 11.3 Å². The van der Waals surface area contributed by atoms with Crippen LogP contribution >= 0.6 is 23.6 Å². The van der Waals surface area contributed by atoms with Gasteiger partial charge in [0.25, 0.3) is 0 Å². The molecule has 1 aliphatic rings. The third kappa shape index (κ3) is 3.15. The van der Waals surface area contributed by atoms with Gasteiger partial charge in [0.15, 0.2) is 5.11 Å². The Morgan fingerprint density at radius 2 is 2.04 bits per heavy atom. The molecule has 0 spiro atoms. The van der Waals surface area contributed by atoms with Crippen LogP contribution in [-0.2, 0) is 5.54 Å². The van der Waals surface area contributed by atoms with Crippen molar-refractivity contribution < 1.29 is 4.74 Å². The number of fused-ring (bicyclic) bond motifs is 1. The summed E-state index contributed by atoms with van der Waals surface area (Å²) < 4.78 is 5.42. The predicted octanol–water partition coefficient (Wildman–Crippen LogP) is 5.06. The Morgan fingerprint density at radius 1 is 1.19 bits per heavy atom. The van der Waals surface area contributed by atoms with Crippen LogP contribution < -0.4 is 15.4 Å². The molecule has 0 bridgehead atoms. The number of methoxy groups -OCH3 is 1. The number of hydrogen-bond acceptors (Lipinski definition) is 4. The van der Waals surface area contributed by atoms with E-state index in [1.54, 1.807) is 24.6 Å². The lowest BCUT2D eigenvalue weighted by atomic mass is 9.96. The fourth-order valence-corrected chi connectivity index (χ4v) is 5.00. The van der Waals surface area contributed by atoms with Crippen LogP contribution in [-0.4, -0.2) is 17.2 Å². The molecule has 134 valence electrons. The number of anilines is 1. The second-order valence-electron chi connectivity index (χ2n) is 6.56. The van der Waals surface area contributed by atoms with E-state index < -0.39 is 0 Å². The van der Waals surface area contributed by atoms with Crippen molar-refractivity contribution in [3.05, 3.63) is 52.9 Å². The topological polar surface area (TPSA) is 46.2 Å². The molecule has 6 heteroatoms. The van der Waals surface area contributed by atoms with Gasteiger partial charge in [-0.25, -0.2) is 0 Å². The molecular formula is C20H21N3OS2. The molecule has 0 radical (unpaired) electrons. The summed E-state index contributed by atoms with van der Waals surface area (Å²) in [4.78, 5) is 5.81. The van der Waals surface area contributed by atoms with Crippen LogP contribution in [0.2, 0.25) is 0 Å². The summed E-state index contributed by atoms with van der Waals surface area (Å²) in [5, 5.41) is 10.8. The van der Waals surface area contributed by atoms with Gasteiger partial charge in [0.2, 0.25) is 0 Å². The van der Waals surface area contributed by atoms with E-state index in [0.717, 1.165) is 35.2 Å². The molecule has 1 fully saturated rings. The molecule has 0 aliphatic heterocycles. The molecule has 0 atom stereocenters. The number of benzene rings is 1. The summed E-state index contributed by atoms with van der Waals surface area (Å²) in [5.41, 5.74) is 1.72. The van der Waals surface area contributed by atoms with Crippen molar-refractivity contribution in [1.29, 1.82) is 0 Å². The summed E-state index contributed by atoms with van der Waals surface area (Å²) in [5.74, 6) is 0.760. The maximum absolute atomic E-state index is 5.67. The van der Waals surface area contributed by atoms with Crippen LogP contribution in [0.1, 0.15) is 30.6 Å². The van der Waals surface area contributed by atoms with E-state index in [4.69, 9.17) is 17.0 Å². The maximum atomic E-state index is 5.67. The van der Waals surface area contributed by atoms with Crippen LogP contribution in [0, 0.1) is 0 Å². The van der Waals surface area contributed by atoms with Gasteiger partial charge in [0.05, 0.1) is 12.6 Å². The van der Waals surface area contributed by atoms with Gasteiger partial charge >= 0.3 is 0 Å². The van der Waals surface area contributed by atoms with Gasteiger partial charge in [-0.15, -0.1) is 11.3 Å². The van der Waals surface area contributed by atoms with E-state index in [0.29, 0.717) is 5.11 Å². The van der Waals surface area contributed by atoms with Crippen molar-refractivity contribution in [2.45, 2.75) is 31.2 Å².